The van der Waals surface area contributed by atoms with E-state index in [-0.39, 0.29) is 5.41 Å². The van der Waals surface area contributed by atoms with Gasteiger partial charge in [-0.05, 0) is 38.4 Å². The molecule has 0 aromatic heterocycles. The molecule has 1 aliphatic heterocycles. The van der Waals surface area contributed by atoms with Crippen molar-refractivity contribution in [2.45, 2.75) is 52.2 Å². The van der Waals surface area contributed by atoms with E-state index in [2.05, 4.69) is 5.32 Å². The van der Waals surface area contributed by atoms with Crippen LogP contribution in [0, 0.1) is 5.41 Å². The van der Waals surface area contributed by atoms with Crippen LogP contribution in [0.1, 0.15) is 41.0 Å². The molecule has 0 bridgehead atoms. The zero-order chi connectivity index (χ0) is 14.9. The van der Waals surface area contributed by atoms with Crippen LogP contribution in [0.2, 0.25) is 0 Å². The minimum absolute atomic E-state index is 0.129. The number of nitrogens with one attached hydrogen (secondary N) is 1. The molecule has 1 saturated heterocycles. The number of aliphatic carboxylic acids is 1. The predicted molar refractivity (Wildman–Crippen MR) is 75.5 cm³/mol. The van der Waals surface area contributed by atoms with Gasteiger partial charge in [-0.25, -0.2) is 9.59 Å². The lowest BCUT2D eigenvalue weighted by molar-refractivity contribution is -0.145. The quantitative estimate of drug-likeness (QED) is 0.817. The number of hydrogen-bond donors (Lipinski definition) is 2. The van der Waals surface area contributed by atoms with Crippen molar-refractivity contribution in [2.75, 3.05) is 11.5 Å². The predicted octanol–water partition coefficient (Wildman–Crippen LogP) is 2.50. The van der Waals surface area contributed by atoms with E-state index in [0.717, 1.165) is 5.75 Å². The van der Waals surface area contributed by atoms with E-state index >= 15 is 0 Å². The standard InChI is InChI=1S/C13H23NO4S/c1-11(2,3)18-10(17)14-13(9(15)16)6-12(4,5)7-19-8-13/h6-8H2,1-5H3,(H,14,17)(H,15,16). The molecule has 1 atom stereocenters. The fourth-order valence-electron chi connectivity index (χ4n) is 2.19. The monoisotopic (exact) mass is 289 g/mol. The topological polar surface area (TPSA) is 75.6 Å². The molecule has 19 heavy (non-hydrogen) atoms. The first-order valence-electron chi connectivity index (χ1n) is 6.28. The van der Waals surface area contributed by atoms with Crippen LogP contribution in [0.25, 0.3) is 0 Å². The van der Waals surface area contributed by atoms with Crippen molar-refractivity contribution in [3.05, 3.63) is 0 Å². The summed E-state index contributed by atoms with van der Waals surface area (Å²) in [6.07, 6.45) is -0.269. The lowest BCUT2D eigenvalue weighted by Crippen LogP contribution is -2.61. The fourth-order valence-corrected chi connectivity index (χ4v) is 3.59. The van der Waals surface area contributed by atoms with Crippen molar-refractivity contribution in [2.24, 2.45) is 5.41 Å². The van der Waals surface area contributed by atoms with Crippen molar-refractivity contribution < 1.29 is 19.4 Å². The van der Waals surface area contributed by atoms with Crippen LogP contribution in [-0.4, -0.2) is 39.8 Å². The van der Waals surface area contributed by atoms with Crippen LogP contribution in [0.15, 0.2) is 0 Å². The molecule has 1 fully saturated rings. The minimum Gasteiger partial charge on any atom is -0.479 e. The molecule has 1 rings (SSSR count). The molecule has 2 N–H and O–H groups in total. The number of carboxylic acids is 1. The van der Waals surface area contributed by atoms with E-state index in [1.807, 2.05) is 13.8 Å². The van der Waals surface area contributed by atoms with Crippen molar-refractivity contribution in [1.29, 1.82) is 0 Å². The highest BCUT2D eigenvalue weighted by atomic mass is 32.2. The van der Waals surface area contributed by atoms with Gasteiger partial charge in [0.2, 0.25) is 0 Å². The molecule has 110 valence electrons. The highest BCUT2D eigenvalue weighted by Crippen LogP contribution is 2.39. The molecule has 6 heteroatoms. The first-order chi connectivity index (χ1) is 8.46. The molecule has 0 saturated carbocycles. The first-order valence-corrected chi connectivity index (χ1v) is 7.44. The van der Waals surface area contributed by atoms with Crippen LogP contribution in [0.4, 0.5) is 4.79 Å². The number of ether oxygens (including phenoxy) is 1. The van der Waals surface area contributed by atoms with Crippen molar-refractivity contribution in [3.63, 3.8) is 0 Å². The van der Waals surface area contributed by atoms with E-state index in [1.54, 1.807) is 32.5 Å². The lowest BCUT2D eigenvalue weighted by atomic mass is 9.80. The number of carbonyl (C=O) groups is 2. The smallest absolute Gasteiger partial charge is 0.408 e. The molecular weight excluding hydrogens is 266 g/mol. The van der Waals surface area contributed by atoms with Crippen molar-refractivity contribution >= 4 is 23.8 Å². The summed E-state index contributed by atoms with van der Waals surface area (Å²) in [7, 11) is 0. The van der Waals surface area contributed by atoms with Crippen LogP contribution < -0.4 is 5.32 Å². The fraction of sp³-hybridized carbons (Fsp3) is 0.846. The second-order valence-corrected chi connectivity index (χ2v) is 7.83. The number of carboxylic acid groups (broad SMARTS) is 1. The summed E-state index contributed by atoms with van der Waals surface area (Å²) in [6.45, 7) is 9.26. The van der Waals surface area contributed by atoms with Crippen LogP contribution in [0.5, 0.6) is 0 Å². The Labute approximate surface area is 118 Å². The summed E-state index contributed by atoms with van der Waals surface area (Å²) in [4.78, 5) is 23.4. The average Bonchev–Trinajstić information content (AvgIpc) is 2.11. The summed E-state index contributed by atoms with van der Waals surface area (Å²) in [5, 5.41) is 12.0. The zero-order valence-corrected chi connectivity index (χ0v) is 13.0. The zero-order valence-electron chi connectivity index (χ0n) is 12.2. The molecule has 0 aromatic carbocycles. The summed E-state index contributed by atoms with van der Waals surface area (Å²) >= 11 is 1.55. The van der Waals surface area contributed by atoms with E-state index < -0.39 is 23.2 Å². The van der Waals surface area contributed by atoms with E-state index in [9.17, 15) is 14.7 Å². The number of carbonyl (C=O) groups excluding carboxylic acids is 1. The summed E-state index contributed by atoms with van der Waals surface area (Å²) in [6, 6.07) is 0. The largest absolute Gasteiger partial charge is 0.479 e. The second kappa shape index (κ2) is 5.23. The van der Waals surface area contributed by atoms with Gasteiger partial charge in [-0.3, -0.25) is 0 Å². The second-order valence-electron chi connectivity index (χ2n) is 6.85. The Morgan fingerprint density at radius 2 is 1.84 bits per heavy atom. The lowest BCUT2D eigenvalue weighted by Gasteiger charge is -2.42. The van der Waals surface area contributed by atoms with Gasteiger partial charge in [-0.2, -0.15) is 11.8 Å². The molecule has 0 aromatic rings. The van der Waals surface area contributed by atoms with Gasteiger partial charge in [0.25, 0.3) is 0 Å². The molecule has 0 aliphatic carbocycles. The Morgan fingerprint density at radius 3 is 2.26 bits per heavy atom. The molecular formula is C13H23NO4S. The minimum atomic E-state index is -1.24. The first kappa shape index (κ1) is 16.1. The Hall–Kier alpha value is -0.910. The Bertz CT molecular complexity index is 375. The molecule has 1 aliphatic rings. The van der Waals surface area contributed by atoms with Crippen LogP contribution in [0.3, 0.4) is 0 Å². The molecule has 1 amide bonds. The van der Waals surface area contributed by atoms with Gasteiger partial charge in [0.05, 0.1) is 0 Å². The third-order valence-corrected chi connectivity index (χ3v) is 4.45. The summed E-state index contributed by atoms with van der Waals surface area (Å²) in [5.41, 5.74) is -2.01. The number of alkyl carbamates (subject to hydrolysis) is 1. The highest BCUT2D eigenvalue weighted by molar-refractivity contribution is 7.99. The van der Waals surface area contributed by atoms with E-state index in [0.29, 0.717) is 12.2 Å². The number of thioether (sulfide) groups is 1. The van der Waals surface area contributed by atoms with Crippen molar-refractivity contribution in [1.82, 2.24) is 5.32 Å². The van der Waals surface area contributed by atoms with Gasteiger partial charge in [0, 0.05) is 5.75 Å². The third kappa shape index (κ3) is 4.60. The Morgan fingerprint density at radius 1 is 1.26 bits per heavy atom. The van der Waals surface area contributed by atoms with Crippen molar-refractivity contribution in [3.8, 4) is 0 Å². The van der Waals surface area contributed by atoms with Gasteiger partial charge < -0.3 is 15.2 Å². The number of amides is 1. The maximum absolute atomic E-state index is 11.8. The van der Waals surface area contributed by atoms with Gasteiger partial charge >= 0.3 is 12.1 Å². The molecule has 0 radical (unpaired) electrons. The highest BCUT2D eigenvalue weighted by Gasteiger charge is 2.48. The maximum Gasteiger partial charge on any atom is 0.408 e. The summed E-state index contributed by atoms with van der Waals surface area (Å²) in [5.74, 6) is 0.252. The van der Waals surface area contributed by atoms with Crippen LogP contribution in [-0.2, 0) is 9.53 Å². The van der Waals surface area contributed by atoms with E-state index in [4.69, 9.17) is 4.74 Å². The van der Waals surface area contributed by atoms with Gasteiger partial charge in [-0.15, -0.1) is 0 Å². The number of rotatable bonds is 2. The van der Waals surface area contributed by atoms with Gasteiger partial charge in [0.1, 0.15) is 11.1 Å². The molecule has 5 nitrogen and oxygen atoms in total. The SMILES string of the molecule is CC1(C)CSCC(NC(=O)OC(C)(C)C)(C(=O)O)C1. The normalized spacial score (nSPS) is 26.6. The molecule has 1 unspecified atom stereocenters. The summed E-state index contributed by atoms with van der Waals surface area (Å²) < 4.78 is 5.16. The van der Waals surface area contributed by atoms with E-state index in [1.165, 1.54) is 0 Å². The number of hydrogen-bond acceptors (Lipinski definition) is 4. The molecule has 1 heterocycles. The van der Waals surface area contributed by atoms with Gasteiger partial charge in [-0.1, -0.05) is 13.8 Å². The van der Waals surface area contributed by atoms with Crippen LogP contribution >= 0.6 is 11.8 Å². The maximum atomic E-state index is 11.8. The molecule has 0 spiro atoms. The third-order valence-electron chi connectivity index (χ3n) is 2.77. The van der Waals surface area contributed by atoms with Gasteiger partial charge in [0.15, 0.2) is 0 Å². The Kier molecular flexibility index (Phi) is 4.44. The Balaban J connectivity index is 2.84. The average molecular weight is 289 g/mol.